The maximum atomic E-state index is 12.5. The van der Waals surface area contributed by atoms with Gasteiger partial charge in [-0.25, -0.2) is 4.98 Å². The lowest BCUT2D eigenvalue weighted by molar-refractivity contribution is 0.0984. The summed E-state index contributed by atoms with van der Waals surface area (Å²) in [5.41, 5.74) is 9.76. The summed E-state index contributed by atoms with van der Waals surface area (Å²) >= 11 is 0. The Bertz CT molecular complexity index is 902. The summed E-state index contributed by atoms with van der Waals surface area (Å²) in [6.07, 6.45) is 3.66. The number of nitrogens with two attached hydrogens (primary N) is 1. The molecular formula is C18H20N6O. The molecule has 0 bridgehead atoms. The second kappa shape index (κ2) is 7.12. The number of ketones is 1. The van der Waals surface area contributed by atoms with Crippen molar-refractivity contribution in [1.29, 1.82) is 0 Å². The van der Waals surface area contributed by atoms with Crippen molar-refractivity contribution >= 4 is 17.3 Å². The Balaban J connectivity index is 1.68. The largest absolute Gasteiger partial charge is 0.382 e. The Morgan fingerprint density at radius 2 is 2.08 bits per heavy atom. The fourth-order valence-corrected chi connectivity index (χ4v) is 2.64. The van der Waals surface area contributed by atoms with Crippen LogP contribution in [0.15, 0.2) is 42.7 Å². The molecule has 3 heterocycles. The summed E-state index contributed by atoms with van der Waals surface area (Å²) in [7, 11) is 1.78. The van der Waals surface area contributed by atoms with Gasteiger partial charge in [-0.05, 0) is 42.8 Å². The molecule has 0 fully saturated rings. The second-order valence-corrected chi connectivity index (χ2v) is 5.84. The Hall–Kier alpha value is -3.22. The first-order valence-corrected chi connectivity index (χ1v) is 7.95. The molecule has 7 heteroatoms. The SMILES string of the molecule is Cc1cc(C(=O)Cc2ccnc(CNc3cccnc3N)c2)n(C)n1. The van der Waals surface area contributed by atoms with Crippen molar-refractivity contribution in [2.24, 2.45) is 7.05 Å². The van der Waals surface area contributed by atoms with Gasteiger partial charge in [-0.15, -0.1) is 0 Å². The Morgan fingerprint density at radius 1 is 1.24 bits per heavy atom. The van der Waals surface area contributed by atoms with Crippen LogP contribution in [0.2, 0.25) is 0 Å². The monoisotopic (exact) mass is 336 g/mol. The first kappa shape index (κ1) is 16.6. The van der Waals surface area contributed by atoms with Gasteiger partial charge < -0.3 is 11.1 Å². The number of hydrogen-bond donors (Lipinski definition) is 2. The third kappa shape index (κ3) is 4.00. The minimum atomic E-state index is 0.0321. The summed E-state index contributed by atoms with van der Waals surface area (Å²) < 4.78 is 1.62. The normalized spacial score (nSPS) is 10.6. The number of aryl methyl sites for hydroxylation is 2. The number of nitrogens with one attached hydrogen (secondary N) is 1. The van der Waals surface area contributed by atoms with Crippen molar-refractivity contribution in [2.45, 2.75) is 19.9 Å². The first-order valence-electron chi connectivity index (χ1n) is 7.95. The van der Waals surface area contributed by atoms with Crippen LogP contribution >= 0.6 is 0 Å². The maximum absolute atomic E-state index is 12.5. The molecule has 25 heavy (non-hydrogen) atoms. The third-order valence-electron chi connectivity index (χ3n) is 3.83. The van der Waals surface area contributed by atoms with Gasteiger partial charge in [0.2, 0.25) is 0 Å². The summed E-state index contributed by atoms with van der Waals surface area (Å²) in [6, 6.07) is 9.25. The van der Waals surface area contributed by atoms with Crippen molar-refractivity contribution in [2.75, 3.05) is 11.1 Å². The zero-order chi connectivity index (χ0) is 17.8. The van der Waals surface area contributed by atoms with E-state index in [1.165, 1.54) is 0 Å². The molecule has 3 aromatic heterocycles. The molecule has 3 N–H and O–H groups in total. The molecule has 0 aliphatic heterocycles. The van der Waals surface area contributed by atoms with E-state index in [-0.39, 0.29) is 5.78 Å². The van der Waals surface area contributed by atoms with Crippen LogP contribution in [0, 0.1) is 6.92 Å². The van der Waals surface area contributed by atoms with Crippen LogP contribution in [-0.4, -0.2) is 25.5 Å². The fourth-order valence-electron chi connectivity index (χ4n) is 2.64. The molecule has 7 nitrogen and oxygen atoms in total. The van der Waals surface area contributed by atoms with Gasteiger partial charge in [-0.1, -0.05) is 0 Å². The number of carbonyl (C=O) groups excluding carboxylic acids is 1. The minimum Gasteiger partial charge on any atom is -0.382 e. The molecular weight excluding hydrogens is 316 g/mol. The number of aromatic nitrogens is 4. The molecule has 0 radical (unpaired) electrons. The lowest BCUT2D eigenvalue weighted by atomic mass is 10.1. The molecule has 0 aromatic carbocycles. The predicted molar refractivity (Wildman–Crippen MR) is 96.2 cm³/mol. The summed E-state index contributed by atoms with van der Waals surface area (Å²) in [6.45, 7) is 2.37. The number of carbonyl (C=O) groups is 1. The van der Waals surface area contributed by atoms with Gasteiger partial charge in [0.1, 0.15) is 11.5 Å². The van der Waals surface area contributed by atoms with E-state index in [2.05, 4.69) is 20.4 Å². The zero-order valence-corrected chi connectivity index (χ0v) is 14.2. The van der Waals surface area contributed by atoms with Crippen molar-refractivity contribution < 1.29 is 4.79 Å². The fraction of sp³-hybridized carbons (Fsp3) is 0.222. The summed E-state index contributed by atoms with van der Waals surface area (Å²) in [4.78, 5) is 20.8. The van der Waals surface area contributed by atoms with Gasteiger partial charge in [0.25, 0.3) is 0 Å². The van der Waals surface area contributed by atoms with Crippen molar-refractivity contribution in [3.05, 3.63) is 65.4 Å². The predicted octanol–water partition coefficient (Wildman–Crippen LogP) is 2.14. The molecule has 0 amide bonds. The van der Waals surface area contributed by atoms with E-state index in [1.807, 2.05) is 31.2 Å². The smallest absolute Gasteiger partial charge is 0.185 e. The van der Waals surface area contributed by atoms with Crippen LogP contribution in [0.3, 0.4) is 0 Å². The number of pyridine rings is 2. The molecule has 0 aliphatic carbocycles. The molecule has 3 aromatic rings. The zero-order valence-electron chi connectivity index (χ0n) is 14.2. The van der Waals surface area contributed by atoms with Crippen molar-refractivity contribution in [3.8, 4) is 0 Å². The van der Waals surface area contributed by atoms with Crippen LogP contribution in [0.5, 0.6) is 0 Å². The average Bonchev–Trinajstić information content (AvgIpc) is 2.93. The van der Waals surface area contributed by atoms with E-state index >= 15 is 0 Å². The van der Waals surface area contributed by atoms with E-state index < -0.39 is 0 Å². The van der Waals surface area contributed by atoms with Crippen LogP contribution in [-0.2, 0) is 20.0 Å². The highest BCUT2D eigenvalue weighted by atomic mass is 16.1. The number of rotatable bonds is 6. The van der Waals surface area contributed by atoms with Gasteiger partial charge in [-0.3, -0.25) is 14.5 Å². The molecule has 0 saturated heterocycles. The number of anilines is 2. The molecule has 0 saturated carbocycles. The van der Waals surface area contributed by atoms with Crippen molar-refractivity contribution in [3.63, 3.8) is 0 Å². The Morgan fingerprint density at radius 3 is 2.80 bits per heavy atom. The highest BCUT2D eigenvalue weighted by Gasteiger charge is 2.13. The molecule has 0 unspecified atom stereocenters. The molecule has 0 aliphatic rings. The van der Waals surface area contributed by atoms with E-state index in [4.69, 9.17) is 5.73 Å². The topological polar surface area (TPSA) is 98.7 Å². The number of hydrogen-bond acceptors (Lipinski definition) is 6. The van der Waals surface area contributed by atoms with Crippen molar-refractivity contribution in [1.82, 2.24) is 19.7 Å². The number of Topliss-reactive ketones (excluding diaryl/α,β-unsaturated/α-hetero) is 1. The van der Waals surface area contributed by atoms with Crippen LogP contribution < -0.4 is 11.1 Å². The van der Waals surface area contributed by atoms with Crippen LogP contribution in [0.4, 0.5) is 11.5 Å². The maximum Gasteiger partial charge on any atom is 0.185 e. The highest BCUT2D eigenvalue weighted by Crippen LogP contribution is 2.15. The Kier molecular flexibility index (Phi) is 4.74. The molecule has 128 valence electrons. The standard InChI is InChI=1S/C18H20N6O/c1-12-8-16(24(2)23-12)17(25)10-13-5-7-20-14(9-13)11-22-15-4-3-6-21-18(15)19/h3-9,22H,10-11H2,1-2H3,(H2,19,21). The second-order valence-electron chi connectivity index (χ2n) is 5.84. The van der Waals surface area contributed by atoms with Gasteiger partial charge >= 0.3 is 0 Å². The van der Waals surface area contributed by atoms with Gasteiger partial charge in [-0.2, -0.15) is 5.10 Å². The summed E-state index contributed by atoms with van der Waals surface area (Å²) in [5.74, 6) is 0.477. The Labute approximate surface area is 145 Å². The number of nitrogen functional groups attached to an aromatic ring is 1. The molecule has 0 atom stereocenters. The lowest BCUT2D eigenvalue weighted by Gasteiger charge is -2.09. The van der Waals surface area contributed by atoms with E-state index in [9.17, 15) is 4.79 Å². The van der Waals surface area contributed by atoms with Gasteiger partial charge in [0.05, 0.1) is 23.6 Å². The van der Waals surface area contributed by atoms with Crippen LogP contribution in [0.1, 0.15) is 27.4 Å². The lowest BCUT2D eigenvalue weighted by Crippen LogP contribution is -2.10. The molecule has 3 rings (SSSR count). The average molecular weight is 336 g/mol. The van der Waals surface area contributed by atoms with Crippen LogP contribution in [0.25, 0.3) is 0 Å². The minimum absolute atomic E-state index is 0.0321. The van der Waals surface area contributed by atoms with E-state index in [0.717, 1.165) is 22.6 Å². The number of nitrogens with zero attached hydrogens (tertiary/aromatic N) is 4. The quantitative estimate of drug-likeness (QED) is 0.669. The first-order chi connectivity index (χ1) is 12.0. The third-order valence-corrected chi connectivity index (χ3v) is 3.83. The van der Waals surface area contributed by atoms with Gasteiger partial charge in [0, 0.05) is 25.9 Å². The van der Waals surface area contributed by atoms with E-state index in [1.54, 1.807) is 30.2 Å². The molecule has 0 spiro atoms. The van der Waals surface area contributed by atoms with Gasteiger partial charge in [0.15, 0.2) is 5.78 Å². The van der Waals surface area contributed by atoms with E-state index in [0.29, 0.717) is 24.5 Å². The highest BCUT2D eigenvalue weighted by molar-refractivity contribution is 5.96. The summed E-state index contributed by atoms with van der Waals surface area (Å²) in [5, 5.41) is 7.42.